The smallest absolute Gasteiger partial charge is 0.318 e. The molecule has 0 amide bonds. The molecule has 1 aliphatic heterocycles. The van der Waals surface area contributed by atoms with Crippen LogP contribution in [-0.2, 0) is 19.7 Å². The Morgan fingerprint density at radius 1 is 1.56 bits per heavy atom. The molecule has 1 saturated heterocycles. The Kier molecular flexibility index (Phi) is 4.14. The average Bonchev–Trinajstić information content (AvgIpc) is 2.40. The van der Waals surface area contributed by atoms with E-state index in [0.29, 0.717) is 38.4 Å². The molecule has 0 aliphatic carbocycles. The van der Waals surface area contributed by atoms with Gasteiger partial charge in [0.25, 0.3) is 0 Å². The highest BCUT2D eigenvalue weighted by Crippen LogP contribution is 2.35. The van der Waals surface area contributed by atoms with Gasteiger partial charge in [-0.25, -0.2) is 9.97 Å². The highest BCUT2D eigenvalue weighted by Gasteiger charge is 2.44. The molecule has 0 N–H and O–H groups in total. The van der Waals surface area contributed by atoms with Crippen molar-refractivity contribution in [3.05, 3.63) is 23.2 Å². The van der Waals surface area contributed by atoms with Gasteiger partial charge in [0.05, 0.1) is 12.3 Å². The SMILES string of the molecule is CCOC(=O)C1(c2ccnc(Cl)n2)CCOCC1. The van der Waals surface area contributed by atoms with Crippen molar-refractivity contribution in [1.82, 2.24) is 9.97 Å². The van der Waals surface area contributed by atoms with Gasteiger partial charge in [0.1, 0.15) is 5.41 Å². The number of hydrogen-bond donors (Lipinski definition) is 0. The molecule has 1 aromatic heterocycles. The summed E-state index contributed by atoms with van der Waals surface area (Å²) in [6.07, 6.45) is 2.67. The topological polar surface area (TPSA) is 61.3 Å². The molecule has 1 fully saturated rings. The molecule has 0 unspecified atom stereocenters. The molecule has 0 spiro atoms. The van der Waals surface area contributed by atoms with Crippen LogP contribution in [0.1, 0.15) is 25.5 Å². The first-order valence-corrected chi connectivity index (χ1v) is 6.31. The fourth-order valence-corrected chi connectivity index (χ4v) is 2.30. The van der Waals surface area contributed by atoms with Crippen molar-refractivity contribution in [3.63, 3.8) is 0 Å². The van der Waals surface area contributed by atoms with Crippen LogP contribution >= 0.6 is 11.6 Å². The first-order valence-electron chi connectivity index (χ1n) is 5.93. The summed E-state index contributed by atoms with van der Waals surface area (Å²) in [5.74, 6) is -0.261. The van der Waals surface area contributed by atoms with E-state index in [1.807, 2.05) is 0 Å². The number of ether oxygens (including phenoxy) is 2. The van der Waals surface area contributed by atoms with Gasteiger partial charge >= 0.3 is 5.97 Å². The molecule has 0 saturated carbocycles. The van der Waals surface area contributed by atoms with Crippen molar-refractivity contribution < 1.29 is 14.3 Å². The second kappa shape index (κ2) is 5.63. The fraction of sp³-hybridized carbons (Fsp3) is 0.583. The van der Waals surface area contributed by atoms with Crippen LogP contribution < -0.4 is 0 Å². The number of carbonyl (C=O) groups excluding carboxylic acids is 1. The van der Waals surface area contributed by atoms with Crippen LogP contribution in [-0.4, -0.2) is 35.8 Å². The van der Waals surface area contributed by atoms with Crippen LogP contribution in [0.4, 0.5) is 0 Å². The van der Waals surface area contributed by atoms with Gasteiger partial charge in [-0.2, -0.15) is 0 Å². The number of rotatable bonds is 3. The third-order valence-electron chi connectivity index (χ3n) is 3.13. The van der Waals surface area contributed by atoms with E-state index in [1.165, 1.54) is 0 Å². The first kappa shape index (κ1) is 13.2. The van der Waals surface area contributed by atoms with Gasteiger partial charge in [-0.05, 0) is 37.4 Å². The molecular formula is C12H15ClN2O3. The normalized spacial score (nSPS) is 18.3. The zero-order chi connectivity index (χ0) is 13.0. The molecule has 1 aliphatic rings. The minimum atomic E-state index is -0.749. The largest absolute Gasteiger partial charge is 0.465 e. The molecule has 0 bridgehead atoms. The van der Waals surface area contributed by atoms with Crippen molar-refractivity contribution >= 4 is 17.6 Å². The van der Waals surface area contributed by atoms with Crippen molar-refractivity contribution in [3.8, 4) is 0 Å². The Balaban J connectivity index is 2.38. The predicted molar refractivity (Wildman–Crippen MR) is 65.4 cm³/mol. The van der Waals surface area contributed by atoms with Gasteiger partial charge in [-0.3, -0.25) is 4.79 Å². The number of aromatic nitrogens is 2. The third kappa shape index (κ3) is 2.47. The van der Waals surface area contributed by atoms with Crippen LogP contribution in [0.5, 0.6) is 0 Å². The number of carbonyl (C=O) groups is 1. The van der Waals surface area contributed by atoms with E-state index in [9.17, 15) is 4.79 Å². The van der Waals surface area contributed by atoms with Crippen molar-refractivity contribution in [2.24, 2.45) is 0 Å². The first-order chi connectivity index (χ1) is 8.69. The number of hydrogen-bond acceptors (Lipinski definition) is 5. The Labute approximate surface area is 110 Å². The molecule has 2 rings (SSSR count). The van der Waals surface area contributed by atoms with Crippen LogP contribution in [0.2, 0.25) is 5.28 Å². The number of halogens is 1. The fourth-order valence-electron chi connectivity index (χ4n) is 2.16. The van der Waals surface area contributed by atoms with Gasteiger partial charge < -0.3 is 9.47 Å². The second-order valence-corrected chi connectivity index (χ2v) is 4.46. The van der Waals surface area contributed by atoms with Gasteiger partial charge in [-0.15, -0.1) is 0 Å². The number of nitrogens with zero attached hydrogens (tertiary/aromatic N) is 2. The highest BCUT2D eigenvalue weighted by molar-refractivity contribution is 6.28. The molecule has 1 aromatic rings. The van der Waals surface area contributed by atoms with Crippen molar-refractivity contribution in [2.75, 3.05) is 19.8 Å². The van der Waals surface area contributed by atoms with Crippen LogP contribution in [0.25, 0.3) is 0 Å². The lowest BCUT2D eigenvalue weighted by molar-refractivity contribution is -0.154. The van der Waals surface area contributed by atoms with Crippen LogP contribution in [0.15, 0.2) is 12.3 Å². The van der Waals surface area contributed by atoms with E-state index >= 15 is 0 Å². The van der Waals surface area contributed by atoms with Crippen LogP contribution in [0.3, 0.4) is 0 Å². The zero-order valence-corrected chi connectivity index (χ0v) is 10.9. The minimum absolute atomic E-state index is 0.141. The second-order valence-electron chi connectivity index (χ2n) is 4.13. The van der Waals surface area contributed by atoms with E-state index in [4.69, 9.17) is 21.1 Å². The lowest BCUT2D eigenvalue weighted by atomic mass is 9.77. The molecule has 98 valence electrons. The maximum absolute atomic E-state index is 12.3. The monoisotopic (exact) mass is 270 g/mol. The van der Waals surface area contributed by atoms with E-state index < -0.39 is 5.41 Å². The molecule has 6 heteroatoms. The molecule has 0 atom stereocenters. The predicted octanol–water partition coefficient (Wildman–Crippen LogP) is 1.74. The Morgan fingerprint density at radius 3 is 2.89 bits per heavy atom. The molecule has 18 heavy (non-hydrogen) atoms. The molecule has 2 heterocycles. The van der Waals surface area contributed by atoms with Gasteiger partial charge in [0.15, 0.2) is 0 Å². The summed E-state index contributed by atoms with van der Waals surface area (Å²) in [7, 11) is 0. The molecule has 5 nitrogen and oxygen atoms in total. The van der Waals surface area contributed by atoms with Crippen LogP contribution in [0, 0.1) is 0 Å². The Bertz CT molecular complexity index is 433. The van der Waals surface area contributed by atoms with Crippen molar-refractivity contribution in [2.45, 2.75) is 25.2 Å². The molecular weight excluding hydrogens is 256 g/mol. The van der Waals surface area contributed by atoms with Gasteiger partial charge in [0.2, 0.25) is 5.28 Å². The third-order valence-corrected chi connectivity index (χ3v) is 3.31. The molecule has 0 radical (unpaired) electrons. The minimum Gasteiger partial charge on any atom is -0.465 e. The summed E-state index contributed by atoms with van der Waals surface area (Å²) in [4.78, 5) is 20.3. The molecule has 0 aromatic carbocycles. The summed E-state index contributed by atoms with van der Waals surface area (Å²) in [6, 6.07) is 1.72. The summed E-state index contributed by atoms with van der Waals surface area (Å²) in [5.41, 5.74) is -0.134. The lowest BCUT2D eigenvalue weighted by Gasteiger charge is -2.34. The maximum Gasteiger partial charge on any atom is 0.318 e. The summed E-state index contributed by atoms with van der Waals surface area (Å²) in [5, 5.41) is 0.141. The quantitative estimate of drug-likeness (QED) is 0.618. The highest BCUT2D eigenvalue weighted by atomic mass is 35.5. The average molecular weight is 271 g/mol. The maximum atomic E-state index is 12.3. The Morgan fingerprint density at radius 2 is 2.28 bits per heavy atom. The van der Waals surface area contributed by atoms with Crippen molar-refractivity contribution in [1.29, 1.82) is 0 Å². The zero-order valence-electron chi connectivity index (χ0n) is 10.2. The number of esters is 1. The van der Waals surface area contributed by atoms with E-state index in [1.54, 1.807) is 19.2 Å². The summed E-state index contributed by atoms with van der Waals surface area (Å²) < 4.78 is 10.5. The Hall–Kier alpha value is -1.20. The van der Waals surface area contributed by atoms with Gasteiger partial charge in [0, 0.05) is 19.4 Å². The van der Waals surface area contributed by atoms with E-state index in [0.717, 1.165) is 0 Å². The summed E-state index contributed by atoms with van der Waals surface area (Å²) in [6.45, 7) is 3.17. The van der Waals surface area contributed by atoms with Gasteiger partial charge in [-0.1, -0.05) is 0 Å². The van der Waals surface area contributed by atoms with E-state index in [-0.39, 0.29) is 11.3 Å². The summed E-state index contributed by atoms with van der Waals surface area (Å²) >= 11 is 5.80. The lowest BCUT2D eigenvalue weighted by Crippen LogP contribution is -2.43. The standard InChI is InChI=1S/C12H15ClN2O3/c1-2-18-10(16)12(4-7-17-8-5-12)9-3-6-14-11(13)15-9/h3,6H,2,4-5,7-8H2,1H3. The van der Waals surface area contributed by atoms with E-state index in [2.05, 4.69) is 9.97 Å².